The van der Waals surface area contributed by atoms with Crippen LogP contribution in [0.4, 0.5) is 10.7 Å². The number of nitrogens with zero attached hydrogens (tertiary/aromatic N) is 4. The third-order valence-electron chi connectivity index (χ3n) is 4.45. The van der Waals surface area contributed by atoms with E-state index in [4.69, 9.17) is 17.3 Å². The predicted octanol–water partition coefficient (Wildman–Crippen LogP) is 3.35. The average Bonchev–Trinajstić information content (AvgIpc) is 3.17. The average molecular weight is 469 g/mol. The lowest BCUT2D eigenvalue weighted by atomic mass is 10.2. The molecule has 0 spiro atoms. The summed E-state index contributed by atoms with van der Waals surface area (Å²) in [6.07, 6.45) is 1.33. The maximum atomic E-state index is 12.9. The number of nitrogen functional groups attached to an aromatic ring is 1. The molecule has 0 fully saturated rings. The summed E-state index contributed by atoms with van der Waals surface area (Å²) in [6.45, 7) is 0. The van der Waals surface area contributed by atoms with Crippen molar-refractivity contribution in [3.8, 4) is 5.69 Å². The molecule has 4 rings (SSSR count). The third-order valence-corrected chi connectivity index (χ3v) is 5.51. The molecule has 2 aromatic carbocycles. The van der Waals surface area contributed by atoms with E-state index in [1.54, 1.807) is 29.6 Å². The van der Waals surface area contributed by atoms with Crippen LogP contribution in [0.3, 0.4) is 0 Å². The summed E-state index contributed by atoms with van der Waals surface area (Å²) in [5.74, 6) is -0.659. The zero-order valence-electron chi connectivity index (χ0n) is 16.1. The van der Waals surface area contributed by atoms with Crippen LogP contribution in [-0.4, -0.2) is 26.8 Å². The normalized spacial score (nSPS) is 11.2. The Balaban J connectivity index is 1.67. The van der Waals surface area contributed by atoms with Crippen molar-refractivity contribution in [1.82, 2.24) is 15.2 Å². The van der Waals surface area contributed by atoms with Crippen LogP contribution >= 0.6 is 22.9 Å². The first-order chi connectivity index (χ1) is 15.3. The van der Waals surface area contributed by atoms with Crippen LogP contribution in [0.15, 0.2) is 63.8 Å². The van der Waals surface area contributed by atoms with Crippen LogP contribution < -0.4 is 16.7 Å². The summed E-state index contributed by atoms with van der Waals surface area (Å²) < 4.78 is 1.08. The van der Waals surface area contributed by atoms with Crippen molar-refractivity contribution >= 4 is 56.5 Å². The van der Waals surface area contributed by atoms with Gasteiger partial charge in [-0.1, -0.05) is 11.6 Å². The molecule has 10 nitrogen and oxygen atoms in total. The molecule has 0 bridgehead atoms. The van der Waals surface area contributed by atoms with Gasteiger partial charge in [0.2, 0.25) is 0 Å². The molecule has 160 valence electrons. The van der Waals surface area contributed by atoms with E-state index < -0.39 is 16.4 Å². The Morgan fingerprint density at radius 2 is 1.91 bits per heavy atom. The summed E-state index contributed by atoms with van der Waals surface area (Å²) in [5.41, 5.74) is 8.72. The van der Waals surface area contributed by atoms with Gasteiger partial charge in [0.05, 0.1) is 27.2 Å². The predicted molar refractivity (Wildman–Crippen MR) is 123 cm³/mol. The van der Waals surface area contributed by atoms with Crippen molar-refractivity contribution in [2.24, 2.45) is 5.10 Å². The summed E-state index contributed by atoms with van der Waals surface area (Å²) in [5, 5.41) is 21.6. The Morgan fingerprint density at radius 1 is 1.22 bits per heavy atom. The quantitative estimate of drug-likeness (QED) is 0.261. The van der Waals surface area contributed by atoms with Crippen LogP contribution in [0.2, 0.25) is 5.02 Å². The number of nitrogens with one attached hydrogen (secondary N) is 1. The number of carbonyl (C=O) groups is 1. The lowest BCUT2D eigenvalue weighted by Crippen LogP contribution is -2.28. The van der Waals surface area contributed by atoms with Gasteiger partial charge in [-0.25, -0.2) is 5.43 Å². The molecule has 3 N–H and O–H groups in total. The number of hydrazone groups is 1. The number of nitrogens with two attached hydrogens (primary N) is 1. The molecule has 1 amide bonds. The van der Waals surface area contributed by atoms with Gasteiger partial charge >= 0.3 is 0 Å². The fourth-order valence-corrected chi connectivity index (χ4v) is 3.81. The maximum absolute atomic E-state index is 12.9. The SMILES string of the molecule is Nc1scc2c(C(=O)N/N=C\c3ccc([N+](=O)[O-])cc3)nn(-c3ccc(Cl)cc3)c(=O)c12. The highest BCUT2D eigenvalue weighted by atomic mass is 35.5. The van der Waals surface area contributed by atoms with E-state index in [1.807, 2.05) is 0 Å². The number of carbonyl (C=O) groups excluding carboxylic acids is 1. The van der Waals surface area contributed by atoms with Gasteiger partial charge in [0, 0.05) is 27.9 Å². The Morgan fingerprint density at radius 3 is 2.56 bits per heavy atom. The molecule has 0 unspecified atom stereocenters. The number of rotatable bonds is 5. The number of nitro groups is 1. The van der Waals surface area contributed by atoms with Crippen molar-refractivity contribution < 1.29 is 9.72 Å². The Bertz CT molecular complexity index is 1430. The third kappa shape index (κ3) is 4.06. The highest BCUT2D eigenvalue weighted by Gasteiger charge is 2.20. The Hall–Kier alpha value is -4.09. The number of non-ortho nitro benzene ring substituents is 1. The summed E-state index contributed by atoms with van der Waals surface area (Å²) in [7, 11) is 0. The number of anilines is 1. The Kier molecular flexibility index (Phi) is 5.67. The summed E-state index contributed by atoms with van der Waals surface area (Å²) in [4.78, 5) is 35.9. The molecular weight excluding hydrogens is 456 g/mol. The number of thiophene rings is 1. The van der Waals surface area contributed by atoms with Gasteiger partial charge in [-0.15, -0.1) is 11.3 Å². The van der Waals surface area contributed by atoms with E-state index >= 15 is 0 Å². The van der Waals surface area contributed by atoms with Crippen LogP contribution in [0.5, 0.6) is 0 Å². The minimum absolute atomic E-state index is 0.0386. The summed E-state index contributed by atoms with van der Waals surface area (Å²) >= 11 is 7.04. The molecule has 12 heteroatoms. The maximum Gasteiger partial charge on any atom is 0.292 e. The van der Waals surface area contributed by atoms with Gasteiger partial charge in [0.1, 0.15) is 0 Å². The van der Waals surface area contributed by atoms with Crippen LogP contribution in [0, 0.1) is 10.1 Å². The van der Waals surface area contributed by atoms with E-state index in [1.165, 1.54) is 30.5 Å². The molecule has 0 aliphatic carbocycles. The topological polar surface area (TPSA) is 146 Å². The van der Waals surface area contributed by atoms with E-state index in [0.29, 0.717) is 21.7 Å². The van der Waals surface area contributed by atoms with Crippen molar-refractivity contribution in [2.75, 3.05) is 5.73 Å². The van der Waals surface area contributed by atoms with Crippen molar-refractivity contribution in [2.45, 2.75) is 0 Å². The molecule has 2 heterocycles. The fraction of sp³-hybridized carbons (Fsp3) is 0. The molecule has 4 aromatic rings. The molecule has 32 heavy (non-hydrogen) atoms. The number of hydrogen-bond donors (Lipinski definition) is 2. The largest absolute Gasteiger partial charge is 0.390 e. The van der Waals surface area contributed by atoms with Gasteiger partial charge in [-0.05, 0) is 42.0 Å². The zero-order chi connectivity index (χ0) is 22.8. The molecule has 0 atom stereocenters. The van der Waals surface area contributed by atoms with E-state index in [9.17, 15) is 19.7 Å². The molecule has 0 aliphatic heterocycles. The Labute approximate surface area is 188 Å². The lowest BCUT2D eigenvalue weighted by molar-refractivity contribution is -0.384. The van der Waals surface area contributed by atoms with Gasteiger partial charge in [0.15, 0.2) is 5.69 Å². The van der Waals surface area contributed by atoms with E-state index in [0.717, 1.165) is 16.0 Å². The van der Waals surface area contributed by atoms with Crippen molar-refractivity contribution in [3.05, 3.63) is 90.7 Å². The van der Waals surface area contributed by atoms with Gasteiger partial charge in [-0.3, -0.25) is 19.7 Å². The zero-order valence-corrected chi connectivity index (χ0v) is 17.6. The van der Waals surface area contributed by atoms with E-state index in [2.05, 4.69) is 15.6 Å². The van der Waals surface area contributed by atoms with Crippen molar-refractivity contribution in [3.63, 3.8) is 0 Å². The minimum atomic E-state index is -0.659. The van der Waals surface area contributed by atoms with Crippen LogP contribution in [-0.2, 0) is 0 Å². The number of halogens is 1. The minimum Gasteiger partial charge on any atom is -0.390 e. The number of aromatic nitrogens is 2. The first-order valence-corrected chi connectivity index (χ1v) is 10.2. The van der Waals surface area contributed by atoms with Crippen molar-refractivity contribution in [1.29, 1.82) is 0 Å². The summed E-state index contributed by atoms with van der Waals surface area (Å²) in [6, 6.07) is 12.0. The number of hydrogen-bond acceptors (Lipinski definition) is 8. The number of amides is 1. The van der Waals surface area contributed by atoms with Gasteiger partial charge < -0.3 is 5.73 Å². The molecule has 2 aromatic heterocycles. The first kappa shape index (κ1) is 21.2. The number of nitro benzene ring substituents is 1. The highest BCUT2D eigenvalue weighted by molar-refractivity contribution is 7.15. The monoisotopic (exact) mass is 468 g/mol. The lowest BCUT2D eigenvalue weighted by Gasteiger charge is -2.08. The standard InChI is InChI=1S/C20H13ClN6O4S/c21-12-3-7-13(8-4-12)26-20(29)16-15(10-32-18(16)22)17(25-26)19(28)24-23-9-11-1-5-14(6-2-11)27(30)31/h1-10H,22H2,(H,24,28)/b23-9-. The van der Waals surface area contributed by atoms with Crippen LogP contribution in [0.25, 0.3) is 16.5 Å². The second-order valence-corrected chi connectivity index (χ2v) is 7.83. The first-order valence-electron chi connectivity index (χ1n) is 8.99. The second kappa shape index (κ2) is 8.57. The fourth-order valence-electron chi connectivity index (χ4n) is 2.90. The molecule has 0 saturated heterocycles. The number of fused-ring (bicyclic) bond motifs is 1. The molecular formula is C20H13ClN6O4S. The van der Waals surface area contributed by atoms with Gasteiger partial charge in [0.25, 0.3) is 17.2 Å². The molecule has 0 saturated carbocycles. The smallest absolute Gasteiger partial charge is 0.292 e. The molecule has 0 radical (unpaired) electrons. The van der Waals surface area contributed by atoms with Crippen LogP contribution in [0.1, 0.15) is 16.1 Å². The number of benzene rings is 2. The van der Waals surface area contributed by atoms with Gasteiger partial charge in [-0.2, -0.15) is 14.9 Å². The second-order valence-electron chi connectivity index (χ2n) is 6.48. The molecule has 0 aliphatic rings. The highest BCUT2D eigenvalue weighted by Crippen LogP contribution is 2.27. The van der Waals surface area contributed by atoms with E-state index in [-0.39, 0.29) is 21.8 Å².